The third kappa shape index (κ3) is 4.96. The summed E-state index contributed by atoms with van der Waals surface area (Å²) in [6.45, 7) is 0.862. The maximum absolute atomic E-state index is 12.0. The maximum atomic E-state index is 12.0. The number of hydrogen-bond donors (Lipinski definition) is 1. The van der Waals surface area contributed by atoms with Crippen molar-refractivity contribution >= 4 is 35.2 Å². The van der Waals surface area contributed by atoms with Crippen LogP contribution in [-0.2, 0) is 31.9 Å². The minimum absolute atomic E-state index is 0. The molecule has 1 heterocycles. The maximum Gasteiger partial charge on any atom is 0.320 e. The number of rotatable bonds is 7. The summed E-state index contributed by atoms with van der Waals surface area (Å²) in [5, 5.41) is 1.02. The van der Waals surface area contributed by atoms with Gasteiger partial charge in [-0.15, -0.1) is 12.4 Å². The Balaban J connectivity index is 0.00000312. The topological polar surface area (TPSA) is 71.6 Å². The molecule has 0 aliphatic carbocycles. The smallest absolute Gasteiger partial charge is 0.320 e. The highest BCUT2D eigenvalue weighted by atomic mass is 35.5. The van der Waals surface area contributed by atoms with Gasteiger partial charge in [0.1, 0.15) is 0 Å². The Morgan fingerprint density at radius 2 is 1.72 bits per heavy atom. The van der Waals surface area contributed by atoms with E-state index in [4.69, 9.17) is 9.47 Å². The number of nitrogens with zero attached hydrogens (tertiary/aromatic N) is 1. The lowest BCUT2D eigenvalue weighted by atomic mass is 9.96. The van der Waals surface area contributed by atoms with Gasteiger partial charge in [0.2, 0.25) is 0 Å². The predicted octanol–water partition coefficient (Wildman–Crippen LogP) is 2.20. The number of aromatic amines is 1. The fraction of sp³-hybridized carbons (Fsp3) is 0.444. The summed E-state index contributed by atoms with van der Waals surface area (Å²) in [6.07, 6.45) is 1.05. The summed E-state index contributed by atoms with van der Waals surface area (Å²) in [7, 11) is 6.57. The number of carbonyl (C=O) groups excluding carboxylic acids is 2. The fourth-order valence-corrected chi connectivity index (χ4v) is 2.79. The van der Waals surface area contributed by atoms with E-state index in [1.165, 1.54) is 14.2 Å². The van der Waals surface area contributed by atoms with Gasteiger partial charge in [0, 0.05) is 29.6 Å². The van der Waals surface area contributed by atoms with Crippen LogP contribution in [0.15, 0.2) is 24.3 Å². The predicted molar refractivity (Wildman–Crippen MR) is 99.0 cm³/mol. The number of esters is 2. The lowest BCUT2D eigenvalue weighted by Crippen LogP contribution is -2.29. The largest absolute Gasteiger partial charge is 0.468 e. The van der Waals surface area contributed by atoms with Crippen molar-refractivity contribution in [1.29, 1.82) is 0 Å². The number of para-hydroxylation sites is 1. The van der Waals surface area contributed by atoms with Gasteiger partial charge < -0.3 is 19.4 Å². The molecule has 138 valence electrons. The van der Waals surface area contributed by atoms with E-state index in [-0.39, 0.29) is 18.8 Å². The average Bonchev–Trinajstić information content (AvgIpc) is 2.94. The van der Waals surface area contributed by atoms with Gasteiger partial charge in [-0.1, -0.05) is 18.2 Å². The first-order chi connectivity index (χ1) is 11.5. The van der Waals surface area contributed by atoms with Crippen LogP contribution in [0.3, 0.4) is 0 Å². The van der Waals surface area contributed by atoms with Gasteiger partial charge in [0.15, 0.2) is 5.92 Å². The monoisotopic (exact) mass is 368 g/mol. The van der Waals surface area contributed by atoms with Gasteiger partial charge in [-0.2, -0.15) is 0 Å². The highest BCUT2D eigenvalue weighted by Crippen LogP contribution is 2.26. The van der Waals surface area contributed by atoms with Crippen LogP contribution in [0, 0.1) is 5.92 Å². The molecule has 2 aromatic rings. The molecule has 1 N–H and O–H groups in total. The number of aromatic nitrogens is 1. The number of hydrogen-bond acceptors (Lipinski definition) is 5. The van der Waals surface area contributed by atoms with Crippen molar-refractivity contribution < 1.29 is 19.1 Å². The summed E-state index contributed by atoms with van der Waals surface area (Å²) in [4.78, 5) is 29.5. The van der Waals surface area contributed by atoms with Crippen molar-refractivity contribution in [2.45, 2.75) is 12.8 Å². The number of carbonyl (C=O) groups is 2. The Bertz CT molecular complexity index is 711. The Morgan fingerprint density at radius 1 is 1.12 bits per heavy atom. The van der Waals surface area contributed by atoms with Crippen LogP contribution in [0.5, 0.6) is 0 Å². The zero-order valence-electron chi connectivity index (χ0n) is 15.0. The Labute approximate surface area is 153 Å². The summed E-state index contributed by atoms with van der Waals surface area (Å²) in [5.41, 5.74) is 2.99. The SMILES string of the molecule is COC(=O)C(Cc1c(CCN(C)C)[nH]c2ccccc12)C(=O)OC.Cl. The molecule has 0 saturated carbocycles. The molecule has 0 unspecified atom stereocenters. The molecular formula is C18H25ClN2O4. The number of H-pyrrole nitrogens is 1. The zero-order valence-corrected chi connectivity index (χ0v) is 15.8. The van der Waals surface area contributed by atoms with Crippen LogP contribution in [-0.4, -0.2) is 56.7 Å². The lowest BCUT2D eigenvalue weighted by Gasteiger charge is -2.14. The number of fused-ring (bicyclic) bond motifs is 1. The van der Waals surface area contributed by atoms with E-state index in [1.54, 1.807) is 0 Å². The standard InChI is InChI=1S/C18H24N2O4.ClH/c1-20(2)10-9-16-13(12-7-5-6-8-15(12)19-16)11-14(17(21)23-3)18(22)24-4;/h5-8,14,19H,9-11H2,1-4H3;1H. The molecule has 0 aliphatic rings. The van der Waals surface area contributed by atoms with E-state index in [0.29, 0.717) is 0 Å². The van der Waals surface area contributed by atoms with Crippen LogP contribution < -0.4 is 0 Å². The molecule has 0 aliphatic heterocycles. The second-order valence-corrected chi connectivity index (χ2v) is 5.98. The highest BCUT2D eigenvalue weighted by Gasteiger charge is 2.30. The van der Waals surface area contributed by atoms with Crippen LogP contribution in [0.4, 0.5) is 0 Å². The van der Waals surface area contributed by atoms with Gasteiger partial charge in [-0.3, -0.25) is 9.59 Å². The van der Waals surface area contributed by atoms with Gasteiger partial charge >= 0.3 is 11.9 Å². The van der Waals surface area contributed by atoms with E-state index >= 15 is 0 Å². The van der Waals surface area contributed by atoms with Crippen molar-refractivity contribution in [3.05, 3.63) is 35.5 Å². The van der Waals surface area contributed by atoms with Gasteiger partial charge in [-0.25, -0.2) is 0 Å². The molecule has 0 atom stereocenters. The number of nitrogens with one attached hydrogen (secondary N) is 1. The summed E-state index contributed by atoms with van der Waals surface area (Å²) >= 11 is 0. The van der Waals surface area contributed by atoms with Crippen LogP contribution in [0.1, 0.15) is 11.3 Å². The van der Waals surface area contributed by atoms with Gasteiger partial charge in [-0.05, 0) is 32.1 Å². The first kappa shape index (κ1) is 21.0. The van der Waals surface area contributed by atoms with E-state index < -0.39 is 17.9 Å². The van der Waals surface area contributed by atoms with Gasteiger partial charge in [0.25, 0.3) is 0 Å². The van der Waals surface area contributed by atoms with E-state index in [9.17, 15) is 9.59 Å². The van der Waals surface area contributed by atoms with Crippen LogP contribution in [0.25, 0.3) is 10.9 Å². The molecule has 2 rings (SSSR count). The summed E-state index contributed by atoms with van der Waals surface area (Å²) in [6, 6.07) is 7.88. The highest BCUT2D eigenvalue weighted by molar-refractivity contribution is 5.96. The molecule has 1 aromatic carbocycles. The van der Waals surface area contributed by atoms with E-state index in [2.05, 4.69) is 9.88 Å². The van der Waals surface area contributed by atoms with E-state index in [1.807, 2.05) is 38.4 Å². The average molecular weight is 369 g/mol. The molecule has 0 saturated heterocycles. The Hall–Kier alpha value is -2.05. The molecule has 0 amide bonds. The summed E-state index contributed by atoms with van der Waals surface area (Å²) < 4.78 is 9.55. The molecule has 0 fully saturated rings. The number of halogens is 1. The molecule has 0 spiro atoms. The van der Waals surface area contributed by atoms with Crippen LogP contribution in [0.2, 0.25) is 0 Å². The van der Waals surface area contributed by atoms with Crippen molar-refractivity contribution in [1.82, 2.24) is 9.88 Å². The molecular weight excluding hydrogens is 344 g/mol. The number of methoxy groups -OCH3 is 2. The third-order valence-electron chi connectivity index (χ3n) is 4.09. The third-order valence-corrected chi connectivity index (χ3v) is 4.09. The number of ether oxygens (including phenoxy) is 2. The van der Waals surface area contributed by atoms with Gasteiger partial charge in [0.05, 0.1) is 14.2 Å². The normalized spacial score (nSPS) is 10.8. The van der Waals surface area contributed by atoms with E-state index in [0.717, 1.165) is 35.1 Å². The van der Waals surface area contributed by atoms with Crippen molar-refractivity contribution in [3.63, 3.8) is 0 Å². The first-order valence-electron chi connectivity index (χ1n) is 7.86. The van der Waals surface area contributed by atoms with Crippen LogP contribution >= 0.6 is 12.4 Å². The molecule has 6 nitrogen and oxygen atoms in total. The molecule has 0 radical (unpaired) electrons. The molecule has 0 bridgehead atoms. The number of benzene rings is 1. The second-order valence-electron chi connectivity index (χ2n) is 5.98. The molecule has 25 heavy (non-hydrogen) atoms. The minimum atomic E-state index is -0.961. The Kier molecular flexibility index (Phi) is 7.93. The molecule has 1 aromatic heterocycles. The van der Waals surface area contributed by atoms with Crippen molar-refractivity contribution in [3.8, 4) is 0 Å². The molecule has 7 heteroatoms. The fourth-order valence-electron chi connectivity index (χ4n) is 2.79. The first-order valence-corrected chi connectivity index (χ1v) is 7.86. The Morgan fingerprint density at radius 3 is 2.28 bits per heavy atom. The zero-order chi connectivity index (χ0) is 17.7. The second kappa shape index (κ2) is 9.44. The lowest BCUT2D eigenvalue weighted by molar-refractivity contribution is -0.158. The minimum Gasteiger partial charge on any atom is -0.468 e. The quantitative estimate of drug-likeness (QED) is 0.599. The van der Waals surface area contributed by atoms with Crippen molar-refractivity contribution in [2.75, 3.05) is 34.9 Å². The van der Waals surface area contributed by atoms with Crippen molar-refractivity contribution in [2.24, 2.45) is 5.92 Å². The number of likely N-dealkylation sites (N-methyl/N-ethyl adjacent to an activating group) is 1. The summed E-state index contributed by atoms with van der Waals surface area (Å²) in [5.74, 6) is -2.12.